The molecule has 3 heteroatoms. The minimum atomic E-state index is 0.761. The second-order valence-electron chi connectivity index (χ2n) is 4.21. The zero-order valence-electron chi connectivity index (χ0n) is 10.3. The third-order valence-corrected chi connectivity index (χ3v) is 3.36. The standard InChI is InChI=1S/C14H17ClN2/c1-3-4-10-17-14(15)11(2)13(16-17)12-8-6-5-7-9-12/h5-9H,3-4,10H2,1-2H3. The second-order valence-corrected chi connectivity index (χ2v) is 4.57. The Morgan fingerprint density at radius 2 is 1.94 bits per heavy atom. The molecule has 2 rings (SSSR count). The van der Waals surface area contributed by atoms with E-state index in [0.29, 0.717) is 0 Å². The topological polar surface area (TPSA) is 17.8 Å². The quantitative estimate of drug-likeness (QED) is 0.788. The molecule has 0 N–H and O–H groups in total. The Morgan fingerprint density at radius 3 is 2.59 bits per heavy atom. The van der Waals surface area contributed by atoms with E-state index in [0.717, 1.165) is 41.4 Å². The lowest BCUT2D eigenvalue weighted by Crippen LogP contribution is -1.99. The first-order valence-corrected chi connectivity index (χ1v) is 6.40. The van der Waals surface area contributed by atoms with Crippen LogP contribution in [0.25, 0.3) is 11.3 Å². The Bertz CT molecular complexity index is 488. The number of unbranched alkanes of at least 4 members (excludes halogenated alkanes) is 1. The highest BCUT2D eigenvalue weighted by Crippen LogP contribution is 2.27. The summed E-state index contributed by atoms with van der Waals surface area (Å²) in [6.45, 7) is 5.09. The summed E-state index contributed by atoms with van der Waals surface area (Å²) < 4.78 is 1.91. The average Bonchev–Trinajstić information content (AvgIpc) is 2.65. The number of halogens is 1. The molecular formula is C14H17ClN2. The van der Waals surface area contributed by atoms with Crippen molar-refractivity contribution >= 4 is 11.6 Å². The number of aryl methyl sites for hydroxylation is 1. The monoisotopic (exact) mass is 248 g/mol. The van der Waals surface area contributed by atoms with E-state index in [4.69, 9.17) is 11.6 Å². The molecule has 0 spiro atoms. The van der Waals surface area contributed by atoms with E-state index in [-0.39, 0.29) is 0 Å². The largest absolute Gasteiger partial charge is 0.253 e. The molecular weight excluding hydrogens is 232 g/mol. The summed E-state index contributed by atoms with van der Waals surface area (Å²) in [5.41, 5.74) is 3.18. The Kier molecular flexibility index (Phi) is 3.85. The lowest BCUT2D eigenvalue weighted by Gasteiger charge is -2.00. The summed E-state index contributed by atoms with van der Waals surface area (Å²) in [5, 5.41) is 5.36. The molecule has 1 aromatic heterocycles. The van der Waals surface area contributed by atoms with Gasteiger partial charge in [0.25, 0.3) is 0 Å². The van der Waals surface area contributed by atoms with Crippen LogP contribution in [0.4, 0.5) is 0 Å². The summed E-state index contributed by atoms with van der Waals surface area (Å²) in [4.78, 5) is 0. The van der Waals surface area contributed by atoms with Gasteiger partial charge in [0, 0.05) is 17.7 Å². The lowest BCUT2D eigenvalue weighted by atomic mass is 10.1. The van der Waals surface area contributed by atoms with Crippen molar-refractivity contribution in [2.24, 2.45) is 0 Å². The average molecular weight is 249 g/mol. The molecule has 0 saturated heterocycles. The van der Waals surface area contributed by atoms with E-state index in [1.54, 1.807) is 0 Å². The van der Waals surface area contributed by atoms with Gasteiger partial charge in [0.15, 0.2) is 0 Å². The highest BCUT2D eigenvalue weighted by molar-refractivity contribution is 6.30. The molecule has 0 fully saturated rings. The maximum absolute atomic E-state index is 6.30. The van der Waals surface area contributed by atoms with Gasteiger partial charge in [0.1, 0.15) is 5.15 Å². The van der Waals surface area contributed by atoms with Crippen LogP contribution >= 0.6 is 11.6 Å². The molecule has 1 heterocycles. The van der Waals surface area contributed by atoms with Gasteiger partial charge in [-0.15, -0.1) is 0 Å². The van der Waals surface area contributed by atoms with E-state index in [2.05, 4.69) is 24.2 Å². The van der Waals surface area contributed by atoms with Crippen LogP contribution in [-0.4, -0.2) is 9.78 Å². The normalized spacial score (nSPS) is 10.8. The fraction of sp³-hybridized carbons (Fsp3) is 0.357. The molecule has 0 radical (unpaired) electrons. The van der Waals surface area contributed by atoms with Crippen molar-refractivity contribution in [1.29, 1.82) is 0 Å². The Hall–Kier alpha value is -1.28. The van der Waals surface area contributed by atoms with E-state index in [1.807, 2.05) is 29.8 Å². The van der Waals surface area contributed by atoms with Crippen LogP contribution < -0.4 is 0 Å². The molecule has 0 aliphatic heterocycles. The van der Waals surface area contributed by atoms with Gasteiger partial charge in [-0.1, -0.05) is 55.3 Å². The van der Waals surface area contributed by atoms with Gasteiger partial charge in [0.2, 0.25) is 0 Å². The van der Waals surface area contributed by atoms with Crippen molar-refractivity contribution in [3.63, 3.8) is 0 Å². The van der Waals surface area contributed by atoms with Gasteiger partial charge in [-0.25, -0.2) is 0 Å². The van der Waals surface area contributed by atoms with Gasteiger partial charge >= 0.3 is 0 Å². The van der Waals surface area contributed by atoms with E-state index >= 15 is 0 Å². The number of aromatic nitrogens is 2. The third-order valence-electron chi connectivity index (χ3n) is 2.88. The zero-order valence-corrected chi connectivity index (χ0v) is 11.0. The molecule has 0 aliphatic carbocycles. The number of nitrogens with zero attached hydrogens (tertiary/aromatic N) is 2. The van der Waals surface area contributed by atoms with Crippen molar-refractivity contribution in [2.45, 2.75) is 33.2 Å². The fourth-order valence-corrected chi connectivity index (χ4v) is 2.07. The molecule has 0 atom stereocenters. The fourth-order valence-electron chi connectivity index (χ4n) is 1.86. The third kappa shape index (κ3) is 2.52. The van der Waals surface area contributed by atoms with Crippen molar-refractivity contribution in [2.75, 3.05) is 0 Å². The molecule has 0 saturated carbocycles. The van der Waals surface area contributed by atoms with Gasteiger partial charge in [0.05, 0.1) is 5.69 Å². The molecule has 90 valence electrons. The Labute approximate surface area is 107 Å². The summed E-state index contributed by atoms with van der Waals surface area (Å²) in [6.07, 6.45) is 2.25. The molecule has 2 nitrogen and oxygen atoms in total. The number of rotatable bonds is 4. The lowest BCUT2D eigenvalue weighted by molar-refractivity contribution is 0.573. The smallest absolute Gasteiger partial charge is 0.130 e. The van der Waals surface area contributed by atoms with Gasteiger partial charge in [-0.05, 0) is 13.3 Å². The number of hydrogen-bond donors (Lipinski definition) is 0. The summed E-state index contributed by atoms with van der Waals surface area (Å²) in [7, 11) is 0. The van der Waals surface area contributed by atoms with E-state index in [1.165, 1.54) is 0 Å². The molecule has 0 bridgehead atoms. The zero-order chi connectivity index (χ0) is 12.3. The molecule has 17 heavy (non-hydrogen) atoms. The molecule has 0 aliphatic rings. The first kappa shape index (κ1) is 12.2. The highest BCUT2D eigenvalue weighted by atomic mass is 35.5. The molecule has 0 amide bonds. The molecule has 1 aromatic carbocycles. The summed E-state index contributed by atoms with van der Waals surface area (Å²) >= 11 is 6.30. The predicted molar refractivity (Wildman–Crippen MR) is 72.3 cm³/mol. The van der Waals surface area contributed by atoms with Gasteiger partial charge < -0.3 is 0 Å². The second kappa shape index (κ2) is 5.37. The van der Waals surface area contributed by atoms with Crippen LogP contribution in [0.3, 0.4) is 0 Å². The van der Waals surface area contributed by atoms with Crippen LogP contribution in [0, 0.1) is 6.92 Å². The van der Waals surface area contributed by atoms with E-state index in [9.17, 15) is 0 Å². The highest BCUT2D eigenvalue weighted by Gasteiger charge is 2.13. The minimum Gasteiger partial charge on any atom is -0.253 e. The van der Waals surface area contributed by atoms with Gasteiger partial charge in [-0.3, -0.25) is 4.68 Å². The van der Waals surface area contributed by atoms with Crippen LogP contribution in [-0.2, 0) is 6.54 Å². The molecule has 2 aromatic rings. The number of benzene rings is 1. The van der Waals surface area contributed by atoms with Crippen molar-refractivity contribution in [3.05, 3.63) is 41.0 Å². The van der Waals surface area contributed by atoms with Crippen LogP contribution in [0.1, 0.15) is 25.3 Å². The summed E-state index contributed by atoms with van der Waals surface area (Å²) in [6, 6.07) is 10.2. The van der Waals surface area contributed by atoms with Crippen LogP contribution in [0.15, 0.2) is 30.3 Å². The Morgan fingerprint density at radius 1 is 1.24 bits per heavy atom. The van der Waals surface area contributed by atoms with Crippen molar-refractivity contribution in [1.82, 2.24) is 9.78 Å². The predicted octanol–water partition coefficient (Wildman–Crippen LogP) is 4.31. The van der Waals surface area contributed by atoms with Crippen molar-refractivity contribution in [3.8, 4) is 11.3 Å². The van der Waals surface area contributed by atoms with Crippen molar-refractivity contribution < 1.29 is 0 Å². The molecule has 0 unspecified atom stereocenters. The van der Waals surface area contributed by atoms with Crippen LogP contribution in [0.2, 0.25) is 5.15 Å². The first-order chi connectivity index (χ1) is 8.24. The van der Waals surface area contributed by atoms with E-state index < -0.39 is 0 Å². The maximum Gasteiger partial charge on any atom is 0.130 e. The van der Waals surface area contributed by atoms with Gasteiger partial charge in [-0.2, -0.15) is 5.10 Å². The first-order valence-electron chi connectivity index (χ1n) is 6.02. The number of hydrogen-bond acceptors (Lipinski definition) is 1. The Balaban J connectivity index is 2.36. The SMILES string of the molecule is CCCCn1nc(-c2ccccc2)c(C)c1Cl. The minimum absolute atomic E-state index is 0.761. The summed E-state index contributed by atoms with van der Waals surface area (Å²) in [5.74, 6) is 0. The maximum atomic E-state index is 6.30. The van der Waals surface area contributed by atoms with Crippen LogP contribution in [0.5, 0.6) is 0 Å².